The Bertz CT molecular complexity index is 650. The summed E-state index contributed by atoms with van der Waals surface area (Å²) in [6, 6.07) is 0. The smallest absolute Gasteiger partial charge is 0.163 e. The van der Waals surface area contributed by atoms with Crippen LogP contribution in [0.1, 0.15) is 29.1 Å². The summed E-state index contributed by atoms with van der Waals surface area (Å²) in [5.74, 6) is 0.682. The minimum absolute atomic E-state index is 0.470. The Morgan fingerprint density at radius 3 is 2.60 bits per heavy atom. The topological polar surface area (TPSA) is 44.2 Å². The maximum atomic E-state index is 6.39. The Kier molecular flexibility index (Phi) is 3.71. The highest BCUT2D eigenvalue weighted by Gasteiger charge is 2.38. The van der Waals surface area contributed by atoms with Gasteiger partial charge < -0.3 is 9.47 Å². The Morgan fingerprint density at radius 2 is 1.95 bits per heavy atom. The first kappa shape index (κ1) is 14.2. The van der Waals surface area contributed by atoms with E-state index in [-0.39, 0.29) is 0 Å². The molecule has 20 heavy (non-hydrogen) atoms. The number of rotatable bonds is 2. The highest BCUT2D eigenvalue weighted by molar-refractivity contribution is 7.18. The van der Waals surface area contributed by atoms with Crippen molar-refractivity contribution in [1.82, 2.24) is 9.97 Å². The van der Waals surface area contributed by atoms with Crippen LogP contribution < -0.4 is 0 Å². The summed E-state index contributed by atoms with van der Waals surface area (Å²) in [6.45, 7) is 5.46. The highest BCUT2D eigenvalue weighted by Crippen LogP contribution is 2.38. The molecule has 0 radical (unpaired) electrons. The molecule has 0 atom stereocenters. The maximum absolute atomic E-state index is 6.39. The molecule has 0 N–H and O–H groups in total. The molecule has 0 amide bonds. The molecular weight excluding hydrogens is 296 g/mol. The van der Waals surface area contributed by atoms with Crippen molar-refractivity contribution in [2.45, 2.75) is 32.3 Å². The zero-order valence-electron chi connectivity index (χ0n) is 11.8. The monoisotopic (exact) mass is 312 g/mol. The third-order valence-corrected chi connectivity index (χ3v) is 5.46. The van der Waals surface area contributed by atoms with Crippen LogP contribution in [0.3, 0.4) is 0 Å². The van der Waals surface area contributed by atoms with Crippen molar-refractivity contribution in [3.05, 3.63) is 21.4 Å². The van der Waals surface area contributed by atoms with Crippen LogP contribution in [-0.4, -0.2) is 30.3 Å². The van der Waals surface area contributed by atoms with Gasteiger partial charge in [0.2, 0.25) is 0 Å². The van der Waals surface area contributed by atoms with Crippen LogP contribution in [0.5, 0.6) is 0 Å². The number of aryl methyl sites for hydroxylation is 2. The van der Waals surface area contributed by atoms with Crippen LogP contribution in [0.15, 0.2) is 0 Å². The van der Waals surface area contributed by atoms with Gasteiger partial charge in [0.25, 0.3) is 0 Å². The molecule has 1 aliphatic heterocycles. The molecule has 0 aromatic carbocycles. The minimum Gasteiger partial charge on any atom is -0.381 e. The van der Waals surface area contributed by atoms with Gasteiger partial charge in [-0.3, -0.25) is 0 Å². The number of ether oxygens (including phenoxy) is 2. The number of thiophene rings is 1. The van der Waals surface area contributed by atoms with Crippen molar-refractivity contribution in [3.8, 4) is 0 Å². The van der Waals surface area contributed by atoms with E-state index in [9.17, 15) is 0 Å². The van der Waals surface area contributed by atoms with Crippen molar-refractivity contribution in [3.63, 3.8) is 0 Å². The quantitative estimate of drug-likeness (QED) is 0.795. The van der Waals surface area contributed by atoms with Gasteiger partial charge in [0.1, 0.15) is 15.6 Å². The second kappa shape index (κ2) is 5.22. The lowest BCUT2D eigenvalue weighted by molar-refractivity contribution is -0.0997. The molecule has 0 bridgehead atoms. The van der Waals surface area contributed by atoms with Crippen LogP contribution in [0.4, 0.5) is 0 Å². The Balaban J connectivity index is 2.16. The van der Waals surface area contributed by atoms with Gasteiger partial charge in [0.05, 0.1) is 5.39 Å². The number of aromatic nitrogens is 2. The summed E-state index contributed by atoms with van der Waals surface area (Å²) in [7, 11) is 1.71. The van der Waals surface area contributed by atoms with Crippen molar-refractivity contribution >= 4 is 33.2 Å². The molecule has 3 rings (SSSR count). The van der Waals surface area contributed by atoms with Gasteiger partial charge >= 0.3 is 0 Å². The molecule has 0 saturated carbocycles. The fourth-order valence-electron chi connectivity index (χ4n) is 2.62. The third kappa shape index (κ3) is 2.13. The summed E-state index contributed by atoms with van der Waals surface area (Å²) < 4.78 is 11.2. The van der Waals surface area contributed by atoms with Gasteiger partial charge in [-0.15, -0.1) is 11.3 Å². The standard InChI is InChI=1S/C14H17ClN2O2S/c1-8-9(2)20-12-10(8)11(15)16-13(17-12)14(18-3)4-6-19-7-5-14/h4-7H2,1-3H3. The minimum atomic E-state index is -0.470. The first-order valence-electron chi connectivity index (χ1n) is 6.64. The molecule has 108 valence electrons. The summed E-state index contributed by atoms with van der Waals surface area (Å²) in [5.41, 5.74) is 0.696. The molecule has 0 aliphatic carbocycles. The average molecular weight is 313 g/mol. The van der Waals surface area contributed by atoms with Gasteiger partial charge in [-0.25, -0.2) is 9.97 Å². The van der Waals surface area contributed by atoms with E-state index >= 15 is 0 Å². The second-order valence-electron chi connectivity index (χ2n) is 5.11. The zero-order chi connectivity index (χ0) is 14.3. The van der Waals surface area contributed by atoms with Crippen LogP contribution in [0.2, 0.25) is 5.15 Å². The first-order valence-corrected chi connectivity index (χ1v) is 7.83. The fourth-order valence-corrected chi connectivity index (χ4v) is 4.02. The summed E-state index contributed by atoms with van der Waals surface area (Å²) in [6.07, 6.45) is 1.52. The largest absolute Gasteiger partial charge is 0.381 e. The Morgan fingerprint density at radius 1 is 1.25 bits per heavy atom. The zero-order valence-corrected chi connectivity index (χ0v) is 13.4. The van der Waals surface area contributed by atoms with Crippen molar-refractivity contribution in [1.29, 1.82) is 0 Å². The third-order valence-electron chi connectivity index (χ3n) is 4.08. The van der Waals surface area contributed by atoms with Gasteiger partial charge in [-0.1, -0.05) is 11.6 Å². The number of hydrogen-bond donors (Lipinski definition) is 0. The van der Waals surface area contributed by atoms with E-state index < -0.39 is 5.60 Å². The molecule has 0 spiro atoms. The van der Waals surface area contributed by atoms with Crippen LogP contribution in [0, 0.1) is 13.8 Å². The molecular formula is C14H17ClN2O2S. The summed E-state index contributed by atoms with van der Waals surface area (Å²) in [5, 5.41) is 1.49. The summed E-state index contributed by atoms with van der Waals surface area (Å²) in [4.78, 5) is 11.4. The van der Waals surface area contributed by atoms with Gasteiger partial charge in [-0.2, -0.15) is 0 Å². The number of halogens is 1. The predicted octanol–water partition coefficient (Wildman–Crippen LogP) is 3.61. The van der Waals surface area contributed by atoms with Crippen molar-refractivity contribution < 1.29 is 9.47 Å². The molecule has 6 heteroatoms. The molecule has 1 fully saturated rings. The normalized spacial score (nSPS) is 18.6. The fraction of sp³-hybridized carbons (Fsp3) is 0.571. The second-order valence-corrected chi connectivity index (χ2v) is 6.67. The molecule has 1 saturated heterocycles. The predicted molar refractivity (Wildman–Crippen MR) is 80.6 cm³/mol. The molecule has 0 unspecified atom stereocenters. The van der Waals surface area contributed by atoms with E-state index in [1.54, 1.807) is 18.4 Å². The molecule has 1 aliphatic rings. The number of fused-ring (bicyclic) bond motifs is 1. The van der Waals surface area contributed by atoms with Crippen LogP contribution in [0.25, 0.3) is 10.2 Å². The molecule has 4 nitrogen and oxygen atoms in total. The lowest BCUT2D eigenvalue weighted by Crippen LogP contribution is -2.37. The lowest BCUT2D eigenvalue weighted by atomic mass is 9.93. The first-order chi connectivity index (χ1) is 9.57. The van der Waals surface area contributed by atoms with Crippen LogP contribution >= 0.6 is 22.9 Å². The van der Waals surface area contributed by atoms with E-state index in [1.165, 1.54) is 10.4 Å². The van der Waals surface area contributed by atoms with E-state index in [2.05, 4.69) is 18.8 Å². The van der Waals surface area contributed by atoms with Gasteiger partial charge in [-0.05, 0) is 19.4 Å². The van der Waals surface area contributed by atoms with Crippen molar-refractivity contribution in [2.75, 3.05) is 20.3 Å². The average Bonchev–Trinajstić information content (AvgIpc) is 2.75. The SMILES string of the molecule is COC1(c2nc(Cl)c3c(C)c(C)sc3n2)CCOCC1. The number of methoxy groups -OCH3 is 1. The maximum Gasteiger partial charge on any atom is 0.163 e. The van der Waals surface area contributed by atoms with E-state index in [0.717, 1.165) is 23.1 Å². The highest BCUT2D eigenvalue weighted by atomic mass is 35.5. The molecule has 2 aromatic heterocycles. The van der Waals surface area contributed by atoms with Gasteiger partial charge in [0.15, 0.2) is 5.82 Å². The van der Waals surface area contributed by atoms with Crippen LogP contribution in [-0.2, 0) is 15.1 Å². The lowest BCUT2D eigenvalue weighted by Gasteiger charge is -2.34. The van der Waals surface area contributed by atoms with E-state index in [1.807, 2.05) is 0 Å². The van der Waals surface area contributed by atoms with Gasteiger partial charge in [0, 0.05) is 38.0 Å². The number of hydrogen-bond acceptors (Lipinski definition) is 5. The Hall–Kier alpha value is -0.750. The Labute approximate surface area is 127 Å². The summed E-state index contributed by atoms with van der Waals surface area (Å²) >= 11 is 8.05. The molecule has 3 heterocycles. The van der Waals surface area contributed by atoms with E-state index in [4.69, 9.17) is 26.1 Å². The molecule has 2 aromatic rings. The van der Waals surface area contributed by atoms with E-state index in [0.29, 0.717) is 24.2 Å². The van der Waals surface area contributed by atoms with Crippen molar-refractivity contribution in [2.24, 2.45) is 0 Å². The number of nitrogens with zero attached hydrogens (tertiary/aromatic N) is 2.